The molecular formula is C22H19BrN4O. The Labute approximate surface area is 171 Å². The van der Waals surface area contributed by atoms with E-state index in [9.17, 15) is 4.79 Å². The number of para-hydroxylation sites is 2. The zero-order chi connectivity index (χ0) is 19.5. The molecule has 140 valence electrons. The largest absolute Gasteiger partial charge is 0.334 e. The van der Waals surface area contributed by atoms with Crippen LogP contribution in [-0.4, -0.2) is 32.4 Å². The van der Waals surface area contributed by atoms with Crippen LogP contribution in [0.4, 0.5) is 0 Å². The monoisotopic (exact) mass is 434 g/mol. The van der Waals surface area contributed by atoms with Crippen molar-refractivity contribution in [2.24, 2.45) is 0 Å². The first-order valence-electron chi connectivity index (χ1n) is 8.96. The molecule has 6 heteroatoms. The highest BCUT2D eigenvalue weighted by Gasteiger charge is 2.17. The number of rotatable bonds is 5. The van der Waals surface area contributed by atoms with E-state index in [1.54, 1.807) is 36.5 Å². The number of nitrogens with zero attached hydrogens (tertiary/aromatic N) is 4. The van der Waals surface area contributed by atoms with Crippen molar-refractivity contribution in [2.75, 3.05) is 7.05 Å². The van der Waals surface area contributed by atoms with E-state index < -0.39 is 0 Å². The first kappa shape index (κ1) is 18.4. The predicted octanol–water partition coefficient (Wildman–Crippen LogP) is 4.51. The van der Waals surface area contributed by atoms with Crippen LogP contribution in [0.2, 0.25) is 0 Å². The molecule has 28 heavy (non-hydrogen) atoms. The summed E-state index contributed by atoms with van der Waals surface area (Å²) in [6.07, 6.45) is 3.26. The number of pyridine rings is 1. The molecule has 4 aromatic rings. The highest BCUT2D eigenvalue weighted by atomic mass is 79.9. The fourth-order valence-corrected chi connectivity index (χ4v) is 3.69. The maximum Gasteiger partial charge on any atom is 0.254 e. The zero-order valence-corrected chi connectivity index (χ0v) is 17.0. The standard InChI is InChI=1S/C22H19BrN4O/c1-26(22(28)17-9-11-24-12-10-17)15-21-25-19-7-2-3-8-20(19)27(21)14-16-5-4-6-18(23)13-16/h2-13H,14-15H2,1H3. The molecule has 0 saturated carbocycles. The van der Waals surface area contributed by atoms with Gasteiger partial charge >= 0.3 is 0 Å². The van der Waals surface area contributed by atoms with Gasteiger partial charge in [-0.2, -0.15) is 0 Å². The summed E-state index contributed by atoms with van der Waals surface area (Å²) in [6, 6.07) is 19.7. The second-order valence-corrected chi connectivity index (χ2v) is 7.55. The minimum absolute atomic E-state index is 0.0524. The third-order valence-electron chi connectivity index (χ3n) is 4.62. The normalized spacial score (nSPS) is 10.9. The Balaban J connectivity index is 1.67. The van der Waals surface area contributed by atoms with E-state index in [2.05, 4.69) is 43.7 Å². The molecule has 0 saturated heterocycles. The highest BCUT2D eigenvalue weighted by molar-refractivity contribution is 9.10. The minimum atomic E-state index is -0.0524. The molecule has 0 radical (unpaired) electrons. The number of aromatic nitrogens is 3. The average molecular weight is 435 g/mol. The van der Waals surface area contributed by atoms with Gasteiger partial charge in [0.25, 0.3) is 5.91 Å². The van der Waals surface area contributed by atoms with Gasteiger partial charge in [0, 0.05) is 36.0 Å². The number of carbonyl (C=O) groups is 1. The first-order chi connectivity index (χ1) is 13.6. The molecule has 0 N–H and O–H groups in total. The van der Waals surface area contributed by atoms with E-state index in [1.165, 1.54) is 5.56 Å². The summed E-state index contributed by atoms with van der Waals surface area (Å²) >= 11 is 3.54. The highest BCUT2D eigenvalue weighted by Crippen LogP contribution is 2.21. The van der Waals surface area contributed by atoms with Crippen molar-refractivity contribution in [3.8, 4) is 0 Å². The number of halogens is 1. The maximum absolute atomic E-state index is 12.7. The molecule has 0 aliphatic rings. The third kappa shape index (κ3) is 3.82. The van der Waals surface area contributed by atoms with E-state index in [4.69, 9.17) is 4.98 Å². The van der Waals surface area contributed by atoms with Crippen LogP contribution in [0, 0.1) is 0 Å². The number of hydrogen-bond donors (Lipinski definition) is 0. The molecule has 4 rings (SSSR count). The van der Waals surface area contributed by atoms with Gasteiger partial charge in [-0.3, -0.25) is 9.78 Å². The maximum atomic E-state index is 12.7. The lowest BCUT2D eigenvalue weighted by molar-refractivity contribution is 0.0780. The van der Waals surface area contributed by atoms with Gasteiger partial charge < -0.3 is 9.47 Å². The summed E-state index contributed by atoms with van der Waals surface area (Å²) in [6.45, 7) is 1.11. The zero-order valence-electron chi connectivity index (χ0n) is 15.4. The van der Waals surface area contributed by atoms with Crippen LogP contribution in [0.5, 0.6) is 0 Å². The van der Waals surface area contributed by atoms with Crippen LogP contribution >= 0.6 is 15.9 Å². The van der Waals surface area contributed by atoms with Crippen LogP contribution in [0.15, 0.2) is 77.5 Å². The fraction of sp³-hybridized carbons (Fsp3) is 0.136. The molecule has 0 aliphatic carbocycles. The first-order valence-corrected chi connectivity index (χ1v) is 9.75. The number of imidazole rings is 1. The lowest BCUT2D eigenvalue weighted by Gasteiger charge is -2.18. The summed E-state index contributed by atoms with van der Waals surface area (Å²) in [5, 5.41) is 0. The SMILES string of the molecule is CN(Cc1nc2ccccc2n1Cc1cccc(Br)c1)C(=O)c1ccncc1. The van der Waals surface area contributed by atoms with E-state index in [1.807, 2.05) is 30.3 Å². The Morgan fingerprint density at radius 1 is 1.07 bits per heavy atom. The Kier molecular flexibility index (Phi) is 5.21. The van der Waals surface area contributed by atoms with Gasteiger partial charge in [-0.15, -0.1) is 0 Å². The van der Waals surface area contributed by atoms with Crippen molar-refractivity contribution < 1.29 is 4.79 Å². The Morgan fingerprint density at radius 3 is 2.64 bits per heavy atom. The summed E-state index contributed by atoms with van der Waals surface area (Å²) in [7, 11) is 1.80. The molecule has 1 amide bonds. The Bertz CT molecular complexity index is 1120. The molecule has 0 atom stereocenters. The lowest BCUT2D eigenvalue weighted by atomic mass is 10.2. The van der Waals surface area contributed by atoms with Crippen LogP contribution in [0.1, 0.15) is 21.7 Å². The average Bonchev–Trinajstić information content (AvgIpc) is 3.05. The van der Waals surface area contributed by atoms with E-state index in [0.29, 0.717) is 18.7 Å². The van der Waals surface area contributed by atoms with Gasteiger partial charge in [0.2, 0.25) is 0 Å². The summed E-state index contributed by atoms with van der Waals surface area (Å²) < 4.78 is 3.22. The van der Waals surface area contributed by atoms with Crippen LogP contribution in [-0.2, 0) is 13.1 Å². The Hall–Kier alpha value is -2.99. The summed E-state index contributed by atoms with van der Waals surface area (Å²) in [5.74, 6) is 0.801. The molecular weight excluding hydrogens is 416 g/mol. The lowest BCUT2D eigenvalue weighted by Crippen LogP contribution is -2.27. The molecule has 0 spiro atoms. The van der Waals surface area contributed by atoms with Gasteiger partial charge in [-0.25, -0.2) is 4.98 Å². The van der Waals surface area contributed by atoms with Crippen molar-refractivity contribution >= 4 is 32.9 Å². The number of carbonyl (C=O) groups excluding carboxylic acids is 1. The molecule has 0 bridgehead atoms. The second-order valence-electron chi connectivity index (χ2n) is 6.63. The molecule has 5 nitrogen and oxygen atoms in total. The van der Waals surface area contributed by atoms with Crippen LogP contribution in [0.3, 0.4) is 0 Å². The van der Waals surface area contributed by atoms with Gasteiger partial charge in [0.15, 0.2) is 0 Å². The van der Waals surface area contributed by atoms with Crippen LogP contribution < -0.4 is 0 Å². The molecule has 2 aromatic heterocycles. The third-order valence-corrected chi connectivity index (χ3v) is 5.11. The predicted molar refractivity (Wildman–Crippen MR) is 113 cm³/mol. The molecule has 2 heterocycles. The van der Waals surface area contributed by atoms with Gasteiger partial charge in [-0.1, -0.05) is 40.2 Å². The number of benzene rings is 2. The van der Waals surface area contributed by atoms with Gasteiger partial charge in [0.1, 0.15) is 5.82 Å². The van der Waals surface area contributed by atoms with E-state index in [0.717, 1.165) is 21.3 Å². The van der Waals surface area contributed by atoms with E-state index in [-0.39, 0.29) is 5.91 Å². The Morgan fingerprint density at radius 2 is 1.86 bits per heavy atom. The minimum Gasteiger partial charge on any atom is -0.334 e. The smallest absolute Gasteiger partial charge is 0.254 e. The second kappa shape index (κ2) is 7.94. The van der Waals surface area contributed by atoms with Gasteiger partial charge in [0.05, 0.1) is 17.6 Å². The molecule has 0 unspecified atom stereocenters. The topological polar surface area (TPSA) is 51.0 Å². The van der Waals surface area contributed by atoms with Crippen molar-refractivity contribution in [2.45, 2.75) is 13.1 Å². The summed E-state index contributed by atoms with van der Waals surface area (Å²) in [4.78, 5) is 23.2. The summed E-state index contributed by atoms with van der Waals surface area (Å²) in [5.41, 5.74) is 3.77. The molecule has 0 fully saturated rings. The fourth-order valence-electron chi connectivity index (χ4n) is 3.24. The molecule has 2 aromatic carbocycles. The van der Waals surface area contributed by atoms with Crippen molar-refractivity contribution in [1.82, 2.24) is 19.4 Å². The van der Waals surface area contributed by atoms with Crippen LogP contribution in [0.25, 0.3) is 11.0 Å². The van der Waals surface area contributed by atoms with E-state index >= 15 is 0 Å². The number of amides is 1. The number of fused-ring (bicyclic) bond motifs is 1. The quantitative estimate of drug-likeness (QED) is 0.464. The van der Waals surface area contributed by atoms with Gasteiger partial charge in [-0.05, 0) is 42.0 Å². The van der Waals surface area contributed by atoms with Crippen molar-refractivity contribution in [3.63, 3.8) is 0 Å². The van der Waals surface area contributed by atoms with Crippen molar-refractivity contribution in [1.29, 1.82) is 0 Å². The number of hydrogen-bond acceptors (Lipinski definition) is 3. The molecule has 0 aliphatic heterocycles. The van der Waals surface area contributed by atoms with Crippen molar-refractivity contribution in [3.05, 3.63) is 94.5 Å².